The smallest absolute Gasteiger partial charge is 0 e. The molecule has 0 saturated carbocycles. The van der Waals surface area contributed by atoms with Gasteiger partial charge in [-0.05, 0) is 6.07 Å². The number of benzene rings is 1. The molecule has 1 aromatic rings. The number of halogens is 1. The van der Waals surface area contributed by atoms with Gasteiger partial charge in [0.05, 0.1) is 0 Å². The van der Waals surface area contributed by atoms with Gasteiger partial charge in [-0.3, -0.25) is 0 Å². The molecule has 1 radical (unpaired) electrons. The third kappa shape index (κ3) is 4.76. The monoisotopic (exact) mass is 310 g/mol. The Kier molecular flexibility index (Phi) is 10.9. The van der Waals surface area contributed by atoms with Crippen LogP contribution in [0.5, 0.6) is 0 Å². The molecule has 0 nitrogen and oxygen atoms in total. The van der Waals surface area contributed by atoms with Gasteiger partial charge in [-0.15, -0.1) is 0 Å². The molecule has 2 heteroatoms. The molecule has 0 aliphatic carbocycles. The zero-order chi connectivity index (χ0) is 4.24. The van der Waals surface area contributed by atoms with Gasteiger partial charge >= 0.3 is 0 Å². The van der Waals surface area contributed by atoms with Crippen LogP contribution >= 0.6 is 0 Å². The molecule has 0 heterocycles. The van der Waals surface area contributed by atoms with Gasteiger partial charge in [-0.25, -0.2) is 0 Å². The first-order valence-electron chi connectivity index (χ1n) is 1.91. The Morgan fingerprint density at radius 1 is 0.875 bits per heavy atom. The van der Waals surface area contributed by atoms with Crippen molar-refractivity contribution in [1.29, 1.82) is 0 Å². The molecule has 0 atom stereocenters. The zero-order valence-electron chi connectivity index (χ0n) is 4.08. The fourth-order valence-electron chi connectivity index (χ4n) is 0.342. The van der Waals surface area contributed by atoms with Crippen LogP contribution < -0.4 is 24.0 Å². The summed E-state index contributed by atoms with van der Waals surface area (Å²) >= 11 is 0. The molecule has 47 valence electrons. The molecule has 1 aromatic carbocycles. The fraction of sp³-hybridized carbons (Fsp3) is 0. The average Bonchev–Trinajstić information content (AvgIpc) is 1.72. The minimum Gasteiger partial charge on any atom is -1.00 e. The number of hydrogen-bond donors (Lipinski definition) is 0. The van der Waals surface area contributed by atoms with Crippen molar-refractivity contribution in [3.05, 3.63) is 36.4 Å². The summed E-state index contributed by atoms with van der Waals surface area (Å²) in [7, 11) is 0. The van der Waals surface area contributed by atoms with E-state index in [1.165, 1.54) is 0 Å². The summed E-state index contributed by atoms with van der Waals surface area (Å²) in [6, 6.07) is 12.5. The summed E-state index contributed by atoms with van der Waals surface area (Å²) in [6.45, 7) is 0. The topological polar surface area (TPSA) is 0 Å². The molecule has 0 fully saturated rings. The minimum absolute atomic E-state index is 0. The Morgan fingerprint density at radius 2 is 1.38 bits per heavy atom. The third-order valence-electron chi connectivity index (χ3n) is 0.607. The zero-order valence-corrected chi connectivity index (χ0v) is 7.79. The Balaban J connectivity index is 0. The molecular weight excluding hydrogens is 305 g/mol. The van der Waals surface area contributed by atoms with Crippen LogP contribution in [0.2, 0.25) is 0 Å². The molecule has 0 aromatic heterocycles. The van der Waals surface area contributed by atoms with Crippen LogP contribution in [0.15, 0.2) is 30.3 Å². The van der Waals surface area contributed by atoms with Crippen molar-refractivity contribution in [2.75, 3.05) is 0 Å². The average molecular weight is 310 g/mol. The minimum atomic E-state index is 0. The van der Waals surface area contributed by atoms with Crippen LogP contribution in [0.3, 0.4) is 0 Å². The molecule has 0 aliphatic rings. The van der Waals surface area contributed by atoms with E-state index in [1.807, 2.05) is 30.3 Å². The maximum Gasteiger partial charge on any atom is 0 e. The van der Waals surface area contributed by atoms with E-state index in [1.54, 1.807) is 0 Å². The molecule has 0 N–H and O–H groups in total. The molecule has 0 saturated heterocycles. The first-order chi connectivity index (χ1) is 3.00. The van der Waals surface area contributed by atoms with E-state index in [0.717, 1.165) is 0 Å². The second-order valence-corrected chi connectivity index (χ2v) is 1.08. The van der Waals surface area contributed by atoms with Gasteiger partial charge in [0, 0.05) is 20.4 Å². The molecule has 0 bridgehead atoms. The van der Waals surface area contributed by atoms with E-state index >= 15 is 0 Å². The molecule has 0 spiro atoms. The quantitative estimate of drug-likeness (QED) is 0.404. The van der Waals surface area contributed by atoms with Crippen molar-refractivity contribution < 1.29 is 44.4 Å². The maximum atomic E-state index is 2.89. The van der Waals surface area contributed by atoms with Crippen molar-refractivity contribution in [2.24, 2.45) is 0 Å². The first-order valence-corrected chi connectivity index (χ1v) is 1.91. The normalized spacial score (nSPS) is 6.00. The Hall–Kier alpha value is 0.612. The summed E-state index contributed by atoms with van der Waals surface area (Å²) in [5.41, 5.74) is 0. The Morgan fingerprint density at radius 3 is 1.50 bits per heavy atom. The van der Waals surface area contributed by atoms with E-state index in [9.17, 15) is 0 Å². The number of hydrogen-bond acceptors (Lipinski definition) is 0. The number of rotatable bonds is 0. The van der Waals surface area contributed by atoms with E-state index < -0.39 is 0 Å². The molecule has 0 amide bonds. The third-order valence-corrected chi connectivity index (χ3v) is 0.607. The van der Waals surface area contributed by atoms with Gasteiger partial charge in [0.1, 0.15) is 0 Å². The fourth-order valence-corrected chi connectivity index (χ4v) is 0.342. The largest absolute Gasteiger partial charge is 1.00 e. The molecular formula is C6H5IPd-. The van der Waals surface area contributed by atoms with E-state index in [-0.39, 0.29) is 44.4 Å². The predicted molar refractivity (Wildman–Crippen MR) is 25.3 cm³/mol. The van der Waals surface area contributed by atoms with Crippen molar-refractivity contribution in [1.82, 2.24) is 0 Å². The van der Waals surface area contributed by atoms with Crippen LogP contribution in [0.1, 0.15) is 0 Å². The SMILES string of the molecule is [I-].[Pd].[c]1ccccc1. The van der Waals surface area contributed by atoms with Gasteiger partial charge in [0.25, 0.3) is 0 Å². The maximum absolute atomic E-state index is 2.89. The van der Waals surface area contributed by atoms with Crippen molar-refractivity contribution >= 4 is 0 Å². The summed E-state index contributed by atoms with van der Waals surface area (Å²) in [5.74, 6) is 0. The van der Waals surface area contributed by atoms with Crippen molar-refractivity contribution in [3.8, 4) is 0 Å². The standard InChI is InChI=1S/C6H5.HI.Pd/c1-2-4-6-5-3-1;;/h1-5H;1H;/p-1. The van der Waals surface area contributed by atoms with Crippen LogP contribution in [0.25, 0.3) is 0 Å². The van der Waals surface area contributed by atoms with Crippen molar-refractivity contribution in [2.45, 2.75) is 0 Å². The second-order valence-electron chi connectivity index (χ2n) is 1.08. The Bertz CT molecular complexity index is 80.5. The predicted octanol–water partition coefficient (Wildman–Crippen LogP) is -1.51. The van der Waals surface area contributed by atoms with E-state index in [4.69, 9.17) is 0 Å². The second kappa shape index (κ2) is 7.61. The first kappa shape index (κ1) is 11.4. The molecule has 8 heavy (non-hydrogen) atoms. The van der Waals surface area contributed by atoms with Gasteiger partial charge in [0.2, 0.25) is 0 Å². The van der Waals surface area contributed by atoms with Crippen molar-refractivity contribution in [3.63, 3.8) is 0 Å². The van der Waals surface area contributed by atoms with Gasteiger partial charge in [0.15, 0.2) is 0 Å². The Labute approximate surface area is 80.4 Å². The van der Waals surface area contributed by atoms with Crippen LogP contribution in [0.4, 0.5) is 0 Å². The summed E-state index contributed by atoms with van der Waals surface area (Å²) in [6.07, 6.45) is 0. The van der Waals surface area contributed by atoms with Crippen LogP contribution in [-0.4, -0.2) is 0 Å². The van der Waals surface area contributed by atoms with E-state index in [0.29, 0.717) is 0 Å². The molecule has 0 unspecified atom stereocenters. The molecule has 1 rings (SSSR count). The van der Waals surface area contributed by atoms with Gasteiger partial charge in [-0.2, -0.15) is 0 Å². The van der Waals surface area contributed by atoms with Crippen LogP contribution in [0, 0.1) is 6.07 Å². The van der Waals surface area contributed by atoms with Crippen LogP contribution in [-0.2, 0) is 20.4 Å². The summed E-state index contributed by atoms with van der Waals surface area (Å²) in [4.78, 5) is 0. The molecule has 0 aliphatic heterocycles. The van der Waals surface area contributed by atoms with Gasteiger partial charge in [-0.1, -0.05) is 30.3 Å². The van der Waals surface area contributed by atoms with Gasteiger partial charge < -0.3 is 24.0 Å². The van der Waals surface area contributed by atoms with E-state index in [2.05, 4.69) is 6.07 Å². The summed E-state index contributed by atoms with van der Waals surface area (Å²) < 4.78 is 0. The summed E-state index contributed by atoms with van der Waals surface area (Å²) in [5, 5.41) is 0.